The van der Waals surface area contributed by atoms with Gasteiger partial charge in [0.05, 0.1) is 13.2 Å². The summed E-state index contributed by atoms with van der Waals surface area (Å²) in [5.74, 6) is -0.461. The van der Waals surface area contributed by atoms with E-state index in [1.165, 1.54) is 6.92 Å². The van der Waals surface area contributed by atoms with Gasteiger partial charge in [-0.3, -0.25) is 4.79 Å². The van der Waals surface area contributed by atoms with Crippen molar-refractivity contribution in [2.75, 3.05) is 20.0 Å². The van der Waals surface area contributed by atoms with E-state index >= 15 is 0 Å². The number of hydrogen-bond acceptors (Lipinski definition) is 5. The van der Waals surface area contributed by atoms with Crippen LogP contribution in [0.3, 0.4) is 0 Å². The van der Waals surface area contributed by atoms with E-state index < -0.39 is 12.8 Å². The smallest absolute Gasteiger partial charge is 0.304 e. The van der Waals surface area contributed by atoms with Gasteiger partial charge >= 0.3 is 5.97 Å². The zero-order valence-corrected chi connectivity index (χ0v) is 5.78. The summed E-state index contributed by atoms with van der Waals surface area (Å²) in [6.07, 6.45) is 0. The van der Waals surface area contributed by atoms with E-state index in [-0.39, 0.29) is 13.2 Å². The molecule has 0 atom stereocenters. The summed E-state index contributed by atoms with van der Waals surface area (Å²) in [5.41, 5.74) is 0. The largest absolute Gasteiger partial charge is 0.439 e. The Morgan fingerprint density at radius 3 is 1.70 bits per heavy atom. The van der Waals surface area contributed by atoms with Gasteiger partial charge in [-0.1, -0.05) is 0 Å². The van der Waals surface area contributed by atoms with Gasteiger partial charge in [-0.2, -0.15) is 0 Å². The average Bonchev–Trinajstić information content (AvgIpc) is 1.89. The van der Waals surface area contributed by atoms with E-state index in [9.17, 15) is 4.79 Å². The highest BCUT2D eigenvalue weighted by Gasteiger charge is 1.82. The number of rotatable bonds is 2. The Hall–Kier alpha value is -0.650. The van der Waals surface area contributed by atoms with Gasteiger partial charge in [0.25, 0.3) is 0 Å². The minimum atomic E-state index is -0.519. The Labute approximate surface area is 58.9 Å². The Morgan fingerprint density at radius 1 is 1.30 bits per heavy atom. The highest BCUT2D eigenvalue weighted by molar-refractivity contribution is 5.65. The summed E-state index contributed by atoms with van der Waals surface area (Å²) >= 11 is 0. The van der Waals surface area contributed by atoms with E-state index in [4.69, 9.17) is 15.3 Å². The maximum absolute atomic E-state index is 9.66. The number of carbonyl (C=O) groups excluding carboxylic acids is 1. The number of aliphatic hydroxyl groups excluding tert-OH is 3. The lowest BCUT2D eigenvalue weighted by Gasteiger charge is -1.88. The molecule has 5 heteroatoms. The van der Waals surface area contributed by atoms with Gasteiger partial charge in [0.2, 0.25) is 0 Å². The summed E-state index contributed by atoms with van der Waals surface area (Å²) in [6.45, 7) is 0.464. The first-order valence-electron chi connectivity index (χ1n) is 2.65. The molecular formula is C5H12O5. The van der Waals surface area contributed by atoms with Gasteiger partial charge in [0.1, 0.15) is 0 Å². The van der Waals surface area contributed by atoms with Gasteiger partial charge in [-0.05, 0) is 0 Å². The van der Waals surface area contributed by atoms with Crippen LogP contribution in [0.4, 0.5) is 0 Å². The fourth-order valence-electron chi connectivity index (χ4n) is 0.0909. The molecule has 62 valence electrons. The number of carbonyl (C=O) groups is 1. The van der Waals surface area contributed by atoms with E-state index in [1.807, 2.05) is 0 Å². The van der Waals surface area contributed by atoms with Crippen molar-refractivity contribution in [3.63, 3.8) is 0 Å². The second-order valence-corrected chi connectivity index (χ2v) is 1.21. The van der Waals surface area contributed by atoms with Crippen LogP contribution in [-0.4, -0.2) is 41.3 Å². The van der Waals surface area contributed by atoms with Crippen LogP contribution in [0.15, 0.2) is 0 Å². The molecule has 0 amide bonds. The third kappa shape index (κ3) is 26.4. The minimum absolute atomic E-state index is 0.125. The monoisotopic (exact) mass is 152 g/mol. The molecule has 0 aromatic carbocycles. The second-order valence-electron chi connectivity index (χ2n) is 1.21. The Bertz CT molecular complexity index is 70.4. The predicted molar refractivity (Wildman–Crippen MR) is 33.0 cm³/mol. The molecule has 0 aliphatic carbocycles. The van der Waals surface area contributed by atoms with Gasteiger partial charge in [-0.15, -0.1) is 0 Å². The topological polar surface area (TPSA) is 87.0 Å². The van der Waals surface area contributed by atoms with Crippen molar-refractivity contribution >= 4 is 5.97 Å². The molecule has 0 fully saturated rings. The fraction of sp³-hybridized carbons (Fsp3) is 0.800. The Morgan fingerprint density at radius 2 is 1.70 bits per heavy atom. The molecule has 5 nitrogen and oxygen atoms in total. The lowest BCUT2D eigenvalue weighted by molar-refractivity contribution is -0.148. The molecule has 0 saturated heterocycles. The van der Waals surface area contributed by atoms with Crippen molar-refractivity contribution < 1.29 is 24.9 Å². The van der Waals surface area contributed by atoms with Crippen LogP contribution in [-0.2, 0) is 9.53 Å². The van der Waals surface area contributed by atoms with Crippen molar-refractivity contribution in [1.82, 2.24) is 0 Å². The fourth-order valence-corrected chi connectivity index (χ4v) is 0.0909. The number of aliphatic hydroxyl groups is 3. The quantitative estimate of drug-likeness (QED) is 0.330. The molecule has 0 saturated carbocycles. The summed E-state index contributed by atoms with van der Waals surface area (Å²) in [6, 6.07) is 0. The van der Waals surface area contributed by atoms with Crippen molar-refractivity contribution in [1.29, 1.82) is 0 Å². The summed E-state index contributed by atoms with van der Waals surface area (Å²) < 4.78 is 3.96. The SMILES string of the molecule is CC(=O)OCO.OCCO. The lowest BCUT2D eigenvalue weighted by atomic mass is 10.8. The Balaban J connectivity index is 0. The summed E-state index contributed by atoms with van der Waals surface area (Å²) in [7, 11) is 0. The maximum Gasteiger partial charge on any atom is 0.304 e. The first-order chi connectivity index (χ1) is 4.68. The van der Waals surface area contributed by atoms with Crippen LogP contribution in [0.5, 0.6) is 0 Å². The van der Waals surface area contributed by atoms with E-state index in [0.717, 1.165) is 0 Å². The molecule has 0 unspecified atom stereocenters. The summed E-state index contributed by atoms with van der Waals surface area (Å²) in [5, 5.41) is 23.0. The highest BCUT2D eigenvalue weighted by Crippen LogP contribution is 1.67. The first kappa shape index (κ1) is 12.1. The third-order valence-electron chi connectivity index (χ3n) is 0.368. The molecule has 3 N–H and O–H groups in total. The molecule has 0 aromatic heterocycles. The van der Waals surface area contributed by atoms with Gasteiger partial charge < -0.3 is 20.1 Å². The zero-order chi connectivity index (χ0) is 8.41. The average molecular weight is 152 g/mol. The predicted octanol–water partition coefficient (Wildman–Crippen LogP) is -1.53. The molecule has 0 rings (SSSR count). The number of esters is 1. The zero-order valence-electron chi connectivity index (χ0n) is 5.78. The molecule has 10 heavy (non-hydrogen) atoms. The molecule has 0 spiro atoms. The van der Waals surface area contributed by atoms with Crippen molar-refractivity contribution in [3.8, 4) is 0 Å². The van der Waals surface area contributed by atoms with Crippen LogP contribution in [0, 0.1) is 0 Å². The minimum Gasteiger partial charge on any atom is -0.439 e. The number of hydrogen-bond donors (Lipinski definition) is 3. The van der Waals surface area contributed by atoms with Crippen LogP contribution in [0.1, 0.15) is 6.92 Å². The molecule has 0 bridgehead atoms. The first-order valence-corrected chi connectivity index (χ1v) is 2.65. The standard InChI is InChI=1S/C3H6O3.C2H6O2/c1-3(5)6-2-4;3-1-2-4/h4H,2H2,1H3;3-4H,1-2H2. The van der Waals surface area contributed by atoms with Gasteiger partial charge in [-0.25, -0.2) is 0 Å². The summed E-state index contributed by atoms with van der Waals surface area (Å²) in [4.78, 5) is 9.66. The van der Waals surface area contributed by atoms with E-state index in [2.05, 4.69) is 4.74 Å². The molecule has 0 aromatic rings. The van der Waals surface area contributed by atoms with Crippen LogP contribution >= 0.6 is 0 Å². The van der Waals surface area contributed by atoms with Crippen molar-refractivity contribution in [2.24, 2.45) is 0 Å². The molecule has 0 radical (unpaired) electrons. The maximum atomic E-state index is 9.66. The number of ether oxygens (including phenoxy) is 1. The van der Waals surface area contributed by atoms with Crippen LogP contribution in [0.2, 0.25) is 0 Å². The van der Waals surface area contributed by atoms with Crippen LogP contribution in [0.25, 0.3) is 0 Å². The van der Waals surface area contributed by atoms with Gasteiger partial charge in [0, 0.05) is 6.92 Å². The van der Waals surface area contributed by atoms with Crippen molar-refractivity contribution in [3.05, 3.63) is 0 Å². The lowest BCUT2D eigenvalue weighted by Crippen LogP contribution is -1.97. The molecule has 0 heterocycles. The van der Waals surface area contributed by atoms with Crippen LogP contribution < -0.4 is 0 Å². The van der Waals surface area contributed by atoms with Gasteiger partial charge in [0.15, 0.2) is 6.79 Å². The molecule has 0 aliphatic rings. The van der Waals surface area contributed by atoms with Crippen molar-refractivity contribution in [2.45, 2.75) is 6.92 Å². The normalized spacial score (nSPS) is 7.60. The molecule has 0 aliphatic heterocycles. The second kappa shape index (κ2) is 11.2. The Kier molecular flexibility index (Phi) is 13.5. The van der Waals surface area contributed by atoms with E-state index in [1.54, 1.807) is 0 Å². The highest BCUT2D eigenvalue weighted by atomic mass is 16.6. The van der Waals surface area contributed by atoms with E-state index in [0.29, 0.717) is 0 Å². The third-order valence-corrected chi connectivity index (χ3v) is 0.368. The molecular weight excluding hydrogens is 140 g/mol.